The molecule has 1 aromatic carbocycles. The van der Waals surface area contributed by atoms with Gasteiger partial charge in [0.05, 0.1) is 18.6 Å². The van der Waals surface area contributed by atoms with Crippen molar-refractivity contribution < 1.29 is 0 Å². The van der Waals surface area contributed by atoms with Crippen molar-refractivity contribution >= 4 is 5.69 Å². The number of fused-ring (bicyclic) bond motifs is 1. The molecule has 1 fully saturated rings. The molecule has 0 amide bonds. The van der Waals surface area contributed by atoms with Crippen LogP contribution in [0.5, 0.6) is 0 Å². The highest BCUT2D eigenvalue weighted by atomic mass is 15.2. The number of nitrogens with one attached hydrogen (secondary N) is 2. The maximum Gasteiger partial charge on any atom is 0.0922 e. The highest BCUT2D eigenvalue weighted by Crippen LogP contribution is 2.33. The second kappa shape index (κ2) is 7.61. The average molecular weight is 338 g/mol. The maximum atomic E-state index is 4.22. The molecular formula is C21H30N4. The van der Waals surface area contributed by atoms with Gasteiger partial charge in [-0.3, -0.25) is 0 Å². The Kier molecular flexibility index (Phi) is 5.07. The summed E-state index contributed by atoms with van der Waals surface area (Å²) in [7, 11) is 0. The number of aromatic amines is 1. The van der Waals surface area contributed by atoms with E-state index in [9.17, 15) is 0 Å². The SMILES string of the molecule is Cc1cccc2c1CNC[C@@H](CCC1CCCC1)N2Cc1cnc[nH]1. The molecule has 0 bridgehead atoms. The molecule has 2 aromatic rings. The lowest BCUT2D eigenvalue weighted by atomic mass is 9.97. The lowest BCUT2D eigenvalue weighted by Crippen LogP contribution is -2.40. The first-order valence-electron chi connectivity index (χ1n) is 9.84. The van der Waals surface area contributed by atoms with Gasteiger partial charge >= 0.3 is 0 Å². The predicted molar refractivity (Wildman–Crippen MR) is 103 cm³/mol. The fourth-order valence-corrected chi connectivity index (χ4v) is 4.61. The summed E-state index contributed by atoms with van der Waals surface area (Å²) in [5.74, 6) is 0.953. The minimum absolute atomic E-state index is 0.548. The third-order valence-corrected chi connectivity index (χ3v) is 6.10. The number of imidazole rings is 1. The van der Waals surface area contributed by atoms with Gasteiger partial charge in [-0.25, -0.2) is 4.98 Å². The molecule has 0 spiro atoms. The van der Waals surface area contributed by atoms with Gasteiger partial charge in [-0.05, 0) is 42.9 Å². The Labute approximate surface area is 151 Å². The van der Waals surface area contributed by atoms with Crippen LogP contribution in [0.3, 0.4) is 0 Å². The first-order valence-corrected chi connectivity index (χ1v) is 9.84. The van der Waals surface area contributed by atoms with Crippen LogP contribution in [0.4, 0.5) is 5.69 Å². The first kappa shape index (κ1) is 16.6. The van der Waals surface area contributed by atoms with Gasteiger partial charge in [-0.15, -0.1) is 0 Å². The number of rotatable bonds is 5. The van der Waals surface area contributed by atoms with Crippen molar-refractivity contribution in [1.29, 1.82) is 0 Å². The van der Waals surface area contributed by atoms with Gasteiger partial charge in [-0.1, -0.05) is 37.8 Å². The Morgan fingerprint density at radius 2 is 2.08 bits per heavy atom. The van der Waals surface area contributed by atoms with Crippen molar-refractivity contribution in [2.45, 2.75) is 64.6 Å². The summed E-state index contributed by atoms with van der Waals surface area (Å²) in [6.45, 7) is 5.18. The fraction of sp³-hybridized carbons (Fsp3) is 0.571. The molecule has 4 nitrogen and oxygen atoms in total. The van der Waals surface area contributed by atoms with Crippen molar-refractivity contribution in [1.82, 2.24) is 15.3 Å². The van der Waals surface area contributed by atoms with E-state index in [1.165, 1.54) is 61.0 Å². The Hall–Kier alpha value is -1.81. The molecule has 1 aliphatic carbocycles. The fourth-order valence-electron chi connectivity index (χ4n) is 4.61. The van der Waals surface area contributed by atoms with Crippen molar-refractivity contribution in [2.24, 2.45) is 5.92 Å². The molecule has 0 radical (unpaired) electrons. The summed E-state index contributed by atoms with van der Waals surface area (Å²) in [5.41, 5.74) is 5.43. The van der Waals surface area contributed by atoms with Gasteiger partial charge in [-0.2, -0.15) is 0 Å². The molecule has 25 heavy (non-hydrogen) atoms. The van der Waals surface area contributed by atoms with Crippen molar-refractivity contribution in [3.05, 3.63) is 47.5 Å². The number of aryl methyl sites for hydroxylation is 1. The van der Waals surface area contributed by atoms with Crippen LogP contribution >= 0.6 is 0 Å². The summed E-state index contributed by atoms with van der Waals surface area (Å²) in [6.07, 6.45) is 12.2. The molecule has 0 unspecified atom stereocenters. The third kappa shape index (κ3) is 3.74. The lowest BCUT2D eigenvalue weighted by Gasteiger charge is -2.33. The zero-order chi connectivity index (χ0) is 17.1. The van der Waals surface area contributed by atoms with Crippen LogP contribution in [0, 0.1) is 12.8 Å². The van der Waals surface area contributed by atoms with Crippen LogP contribution in [0.25, 0.3) is 0 Å². The topological polar surface area (TPSA) is 44.0 Å². The molecule has 1 saturated carbocycles. The predicted octanol–water partition coefficient (Wildman–Crippen LogP) is 4.17. The molecule has 4 heteroatoms. The monoisotopic (exact) mass is 338 g/mol. The van der Waals surface area contributed by atoms with Crippen LogP contribution in [0.1, 0.15) is 55.3 Å². The van der Waals surface area contributed by atoms with Crippen LogP contribution in [0.15, 0.2) is 30.7 Å². The van der Waals surface area contributed by atoms with E-state index >= 15 is 0 Å². The van der Waals surface area contributed by atoms with Gasteiger partial charge in [0, 0.05) is 31.0 Å². The molecule has 134 valence electrons. The number of aromatic nitrogens is 2. The minimum atomic E-state index is 0.548. The Bertz CT molecular complexity index is 673. The van der Waals surface area contributed by atoms with Crippen LogP contribution in [0.2, 0.25) is 0 Å². The number of H-pyrrole nitrogens is 1. The summed E-state index contributed by atoms with van der Waals surface area (Å²) in [6, 6.07) is 7.28. The van der Waals surface area contributed by atoms with Crippen LogP contribution in [-0.4, -0.2) is 22.6 Å². The standard InChI is InChI=1S/C21H30N4/c1-16-5-4-8-21-20(16)13-22-12-19(10-9-17-6-2-3-7-17)25(21)14-18-11-23-15-24-18/h4-5,8,11,15,17,19,22H,2-3,6-7,9-10,12-14H2,1H3,(H,23,24)/t19-/m1/s1. The summed E-state index contributed by atoms with van der Waals surface area (Å²) in [5, 5.41) is 3.71. The summed E-state index contributed by atoms with van der Waals surface area (Å²) >= 11 is 0. The van der Waals surface area contributed by atoms with E-state index in [0.29, 0.717) is 6.04 Å². The number of nitrogens with zero attached hydrogens (tertiary/aromatic N) is 2. The molecule has 1 aromatic heterocycles. The normalized spacial score (nSPS) is 21.3. The van der Waals surface area contributed by atoms with Gasteiger partial charge < -0.3 is 15.2 Å². The minimum Gasteiger partial charge on any atom is -0.361 e. The molecule has 1 aliphatic heterocycles. The van der Waals surface area contributed by atoms with E-state index in [-0.39, 0.29) is 0 Å². The molecule has 0 saturated heterocycles. The quantitative estimate of drug-likeness (QED) is 0.860. The Morgan fingerprint density at radius 1 is 1.20 bits per heavy atom. The van der Waals surface area contributed by atoms with Crippen molar-refractivity contribution in [2.75, 3.05) is 11.4 Å². The molecular weight excluding hydrogens is 308 g/mol. The lowest BCUT2D eigenvalue weighted by molar-refractivity contribution is 0.423. The van der Waals surface area contributed by atoms with Gasteiger partial charge in [0.2, 0.25) is 0 Å². The Morgan fingerprint density at radius 3 is 2.88 bits per heavy atom. The average Bonchev–Trinajstić information content (AvgIpc) is 3.28. The molecule has 4 rings (SSSR count). The number of anilines is 1. The zero-order valence-corrected chi connectivity index (χ0v) is 15.3. The summed E-state index contributed by atoms with van der Waals surface area (Å²) in [4.78, 5) is 10.1. The third-order valence-electron chi connectivity index (χ3n) is 6.10. The highest BCUT2D eigenvalue weighted by Gasteiger charge is 2.26. The van der Waals surface area contributed by atoms with Gasteiger partial charge in [0.25, 0.3) is 0 Å². The van der Waals surface area contributed by atoms with E-state index < -0.39 is 0 Å². The Balaban J connectivity index is 1.59. The molecule has 2 N–H and O–H groups in total. The molecule has 2 heterocycles. The maximum absolute atomic E-state index is 4.22. The van der Waals surface area contributed by atoms with Crippen molar-refractivity contribution in [3.8, 4) is 0 Å². The zero-order valence-electron chi connectivity index (χ0n) is 15.3. The smallest absolute Gasteiger partial charge is 0.0922 e. The highest BCUT2D eigenvalue weighted by molar-refractivity contribution is 5.58. The van der Waals surface area contributed by atoms with E-state index in [1.54, 1.807) is 6.33 Å². The first-order chi connectivity index (χ1) is 12.3. The number of hydrogen-bond acceptors (Lipinski definition) is 3. The van der Waals surface area contributed by atoms with Crippen molar-refractivity contribution in [3.63, 3.8) is 0 Å². The second-order valence-electron chi connectivity index (χ2n) is 7.79. The van der Waals surface area contributed by atoms with E-state index in [0.717, 1.165) is 25.6 Å². The molecule has 1 atom stereocenters. The molecule has 2 aliphatic rings. The number of hydrogen-bond donors (Lipinski definition) is 2. The summed E-state index contributed by atoms with van der Waals surface area (Å²) < 4.78 is 0. The van der Waals surface area contributed by atoms with E-state index in [2.05, 4.69) is 45.3 Å². The second-order valence-corrected chi connectivity index (χ2v) is 7.79. The van der Waals surface area contributed by atoms with Gasteiger partial charge in [0.15, 0.2) is 0 Å². The van der Waals surface area contributed by atoms with Gasteiger partial charge in [0.1, 0.15) is 0 Å². The van der Waals surface area contributed by atoms with E-state index in [1.807, 2.05) is 6.20 Å². The number of benzene rings is 1. The largest absolute Gasteiger partial charge is 0.361 e. The van der Waals surface area contributed by atoms with Crippen LogP contribution < -0.4 is 10.2 Å². The van der Waals surface area contributed by atoms with E-state index in [4.69, 9.17) is 0 Å². The van der Waals surface area contributed by atoms with Crippen LogP contribution in [-0.2, 0) is 13.1 Å².